The third kappa shape index (κ3) is 1.45. The van der Waals surface area contributed by atoms with Gasteiger partial charge in [0.05, 0.1) is 0 Å². The summed E-state index contributed by atoms with van der Waals surface area (Å²) < 4.78 is 6.87. The molecule has 0 atom stereocenters. The zero-order chi connectivity index (χ0) is 11.1. The van der Waals surface area contributed by atoms with E-state index in [1.165, 1.54) is 16.3 Å². The predicted molar refractivity (Wildman–Crippen MR) is 70.8 cm³/mol. The first-order valence-corrected chi connectivity index (χ1v) is 6.18. The van der Waals surface area contributed by atoms with Crippen molar-refractivity contribution in [3.63, 3.8) is 0 Å². The minimum Gasteiger partial charge on any atom is -0.456 e. The molecule has 0 saturated carbocycles. The van der Waals surface area contributed by atoms with E-state index in [-0.39, 0.29) is 0 Å². The summed E-state index contributed by atoms with van der Waals surface area (Å²) in [5.74, 6) is 0. The number of aryl methyl sites for hydroxylation is 1. The molecule has 0 spiro atoms. The van der Waals surface area contributed by atoms with E-state index in [1.54, 1.807) is 0 Å². The molecule has 0 saturated heterocycles. The summed E-state index contributed by atoms with van der Waals surface area (Å²) in [6.45, 7) is 2.17. The van der Waals surface area contributed by atoms with E-state index < -0.39 is 0 Å². The van der Waals surface area contributed by atoms with Crippen molar-refractivity contribution in [2.45, 2.75) is 13.3 Å². The van der Waals surface area contributed by atoms with Gasteiger partial charge in [0.1, 0.15) is 11.2 Å². The molecular weight excluding hydrogens is 264 g/mol. The number of rotatable bonds is 1. The van der Waals surface area contributed by atoms with Crippen LogP contribution in [0.1, 0.15) is 12.5 Å². The Kier molecular flexibility index (Phi) is 2.25. The highest BCUT2D eigenvalue weighted by molar-refractivity contribution is 9.10. The Morgan fingerprint density at radius 2 is 1.69 bits per heavy atom. The molecule has 0 N–H and O–H groups in total. The van der Waals surface area contributed by atoms with Gasteiger partial charge < -0.3 is 4.42 Å². The van der Waals surface area contributed by atoms with Gasteiger partial charge in [0.15, 0.2) is 0 Å². The highest BCUT2D eigenvalue weighted by Crippen LogP contribution is 2.31. The third-order valence-corrected chi connectivity index (χ3v) is 3.40. The Morgan fingerprint density at radius 3 is 2.44 bits per heavy atom. The summed E-state index contributed by atoms with van der Waals surface area (Å²) in [7, 11) is 0. The van der Waals surface area contributed by atoms with E-state index in [1.807, 2.05) is 12.1 Å². The SMILES string of the molecule is CCc1ccc2oc3ccc(Br)cc3c2c1. The van der Waals surface area contributed by atoms with E-state index in [9.17, 15) is 0 Å². The number of benzene rings is 2. The minimum atomic E-state index is 0.950. The summed E-state index contributed by atoms with van der Waals surface area (Å²) in [5.41, 5.74) is 3.26. The van der Waals surface area contributed by atoms with Gasteiger partial charge in [0.25, 0.3) is 0 Å². The molecule has 0 aliphatic carbocycles. The van der Waals surface area contributed by atoms with Gasteiger partial charge in [-0.1, -0.05) is 28.9 Å². The Hall–Kier alpha value is -1.28. The summed E-state index contributed by atoms with van der Waals surface area (Å²) in [5, 5.41) is 2.38. The first kappa shape index (κ1) is 9.91. The second-order valence-electron chi connectivity index (χ2n) is 3.93. The van der Waals surface area contributed by atoms with Crippen LogP contribution in [0.2, 0.25) is 0 Å². The maximum Gasteiger partial charge on any atom is 0.135 e. The van der Waals surface area contributed by atoms with Gasteiger partial charge in [-0.15, -0.1) is 0 Å². The van der Waals surface area contributed by atoms with Crippen molar-refractivity contribution in [1.29, 1.82) is 0 Å². The molecular formula is C14H11BrO. The molecule has 0 amide bonds. The first-order valence-electron chi connectivity index (χ1n) is 5.38. The fraction of sp³-hybridized carbons (Fsp3) is 0.143. The summed E-state index contributed by atoms with van der Waals surface area (Å²) in [4.78, 5) is 0. The smallest absolute Gasteiger partial charge is 0.135 e. The molecule has 0 radical (unpaired) electrons. The van der Waals surface area contributed by atoms with Crippen LogP contribution in [0.15, 0.2) is 45.3 Å². The molecule has 1 heterocycles. The fourth-order valence-electron chi connectivity index (χ4n) is 2.02. The van der Waals surface area contributed by atoms with Crippen molar-refractivity contribution >= 4 is 37.9 Å². The average Bonchev–Trinajstić information content (AvgIpc) is 2.66. The predicted octanol–water partition coefficient (Wildman–Crippen LogP) is 4.91. The molecule has 0 aliphatic heterocycles. The maximum absolute atomic E-state index is 5.79. The normalized spacial score (nSPS) is 11.4. The fourth-order valence-corrected chi connectivity index (χ4v) is 2.38. The molecule has 16 heavy (non-hydrogen) atoms. The van der Waals surface area contributed by atoms with Gasteiger partial charge in [0, 0.05) is 15.2 Å². The number of furan rings is 1. The number of fused-ring (bicyclic) bond motifs is 3. The van der Waals surface area contributed by atoms with Crippen molar-refractivity contribution in [2.24, 2.45) is 0 Å². The summed E-state index contributed by atoms with van der Waals surface area (Å²) >= 11 is 3.50. The van der Waals surface area contributed by atoms with E-state index >= 15 is 0 Å². The van der Waals surface area contributed by atoms with Crippen LogP contribution >= 0.6 is 15.9 Å². The third-order valence-electron chi connectivity index (χ3n) is 2.90. The highest BCUT2D eigenvalue weighted by Gasteiger charge is 2.07. The minimum absolute atomic E-state index is 0.950. The lowest BCUT2D eigenvalue weighted by molar-refractivity contribution is 0.668. The standard InChI is InChI=1S/C14H11BrO/c1-2-9-3-5-13-11(7-9)12-8-10(15)4-6-14(12)16-13/h3-8H,2H2,1H3. The molecule has 1 nitrogen and oxygen atoms in total. The van der Waals surface area contributed by atoms with Crippen molar-refractivity contribution in [1.82, 2.24) is 0 Å². The average molecular weight is 275 g/mol. The molecule has 0 aliphatic rings. The molecule has 1 aromatic heterocycles. The van der Waals surface area contributed by atoms with Crippen molar-refractivity contribution in [3.05, 3.63) is 46.4 Å². The van der Waals surface area contributed by atoms with E-state index in [2.05, 4.69) is 47.1 Å². The quantitative estimate of drug-likeness (QED) is 0.615. The number of hydrogen-bond donors (Lipinski definition) is 0. The first-order chi connectivity index (χ1) is 7.78. The lowest BCUT2D eigenvalue weighted by Gasteiger charge is -1.95. The second kappa shape index (κ2) is 3.63. The molecule has 0 bridgehead atoms. The van der Waals surface area contributed by atoms with Gasteiger partial charge in [-0.3, -0.25) is 0 Å². The topological polar surface area (TPSA) is 13.1 Å². The van der Waals surface area contributed by atoms with E-state index in [4.69, 9.17) is 4.42 Å². The van der Waals surface area contributed by atoms with Crippen molar-refractivity contribution in [3.8, 4) is 0 Å². The molecule has 80 valence electrons. The van der Waals surface area contributed by atoms with Crippen LogP contribution in [0.3, 0.4) is 0 Å². The van der Waals surface area contributed by atoms with Gasteiger partial charge in [0.2, 0.25) is 0 Å². The lowest BCUT2D eigenvalue weighted by atomic mass is 10.1. The zero-order valence-electron chi connectivity index (χ0n) is 8.96. The monoisotopic (exact) mass is 274 g/mol. The lowest BCUT2D eigenvalue weighted by Crippen LogP contribution is -1.77. The van der Waals surface area contributed by atoms with Crippen molar-refractivity contribution < 1.29 is 4.42 Å². The van der Waals surface area contributed by atoms with E-state index in [0.717, 1.165) is 22.1 Å². The highest BCUT2D eigenvalue weighted by atomic mass is 79.9. The van der Waals surface area contributed by atoms with Crippen LogP contribution in [0.25, 0.3) is 21.9 Å². The largest absolute Gasteiger partial charge is 0.456 e. The Balaban J connectivity index is 2.44. The molecule has 0 unspecified atom stereocenters. The summed E-state index contributed by atoms with van der Waals surface area (Å²) in [6, 6.07) is 12.5. The molecule has 3 rings (SSSR count). The van der Waals surface area contributed by atoms with Crippen LogP contribution < -0.4 is 0 Å². The van der Waals surface area contributed by atoms with Crippen molar-refractivity contribution in [2.75, 3.05) is 0 Å². The maximum atomic E-state index is 5.79. The van der Waals surface area contributed by atoms with Gasteiger partial charge in [-0.2, -0.15) is 0 Å². The van der Waals surface area contributed by atoms with Crippen LogP contribution in [-0.2, 0) is 6.42 Å². The Bertz CT molecular complexity index is 667. The molecule has 0 fully saturated rings. The molecule has 3 aromatic rings. The summed E-state index contributed by atoms with van der Waals surface area (Å²) in [6.07, 6.45) is 1.05. The van der Waals surface area contributed by atoms with Gasteiger partial charge in [-0.25, -0.2) is 0 Å². The van der Waals surface area contributed by atoms with Crippen LogP contribution in [0, 0.1) is 0 Å². The van der Waals surface area contributed by atoms with Crippen LogP contribution in [0.4, 0.5) is 0 Å². The van der Waals surface area contributed by atoms with E-state index in [0.29, 0.717) is 0 Å². The number of halogens is 1. The number of hydrogen-bond acceptors (Lipinski definition) is 1. The van der Waals surface area contributed by atoms with Gasteiger partial charge >= 0.3 is 0 Å². The Morgan fingerprint density at radius 1 is 1.00 bits per heavy atom. The van der Waals surface area contributed by atoms with Crippen LogP contribution in [-0.4, -0.2) is 0 Å². The zero-order valence-corrected chi connectivity index (χ0v) is 10.5. The van der Waals surface area contributed by atoms with Crippen LogP contribution in [0.5, 0.6) is 0 Å². The molecule has 2 aromatic carbocycles. The molecule has 2 heteroatoms. The van der Waals surface area contributed by atoms with Gasteiger partial charge in [-0.05, 0) is 42.3 Å². The second-order valence-corrected chi connectivity index (χ2v) is 4.84. The Labute approximate surface area is 102 Å².